The fourth-order valence-electron chi connectivity index (χ4n) is 9.89. The molecule has 1 saturated heterocycles. The van der Waals surface area contributed by atoms with E-state index in [-0.39, 0.29) is 24.4 Å². The summed E-state index contributed by atoms with van der Waals surface area (Å²) < 4.78 is 12.6. The molecule has 33 heavy (non-hydrogen) atoms. The summed E-state index contributed by atoms with van der Waals surface area (Å²) in [6.07, 6.45) is 14.1. The Bertz CT molecular complexity index is 720. The van der Waals surface area contributed by atoms with E-state index in [0.29, 0.717) is 10.8 Å². The standard InChI is InChI=1S/C29H51BO3/c1-19(14-17-30-32-26(2,3)27(4,5)33-30)23-10-11-24-22-9-8-20-18-21(31)12-15-28(20,6)25(22)13-16-29(23,24)7/h19-25,31H,8-18H2,1-7H3/t19-,20-,21-,22+,23-,24+,25+,28+,29-/m1/s1. The minimum atomic E-state index is -0.214. The lowest BCUT2D eigenvalue weighted by atomic mass is 9.44. The summed E-state index contributed by atoms with van der Waals surface area (Å²) in [6.45, 7) is 16.5. The predicted octanol–water partition coefficient (Wildman–Crippen LogP) is 7.12. The quantitative estimate of drug-likeness (QED) is 0.456. The summed E-state index contributed by atoms with van der Waals surface area (Å²) in [5, 5.41) is 10.3. The van der Waals surface area contributed by atoms with Crippen LogP contribution >= 0.6 is 0 Å². The van der Waals surface area contributed by atoms with E-state index >= 15 is 0 Å². The van der Waals surface area contributed by atoms with Crippen LogP contribution in [0.3, 0.4) is 0 Å². The van der Waals surface area contributed by atoms with Gasteiger partial charge < -0.3 is 14.4 Å². The van der Waals surface area contributed by atoms with Crippen molar-refractivity contribution in [3.05, 3.63) is 0 Å². The van der Waals surface area contributed by atoms with E-state index in [0.717, 1.165) is 54.7 Å². The number of aliphatic hydroxyl groups is 1. The molecule has 4 aliphatic carbocycles. The maximum Gasteiger partial charge on any atom is 0.457 e. The number of hydrogen-bond donors (Lipinski definition) is 1. The topological polar surface area (TPSA) is 38.7 Å². The highest BCUT2D eigenvalue weighted by Crippen LogP contribution is 2.68. The first-order chi connectivity index (χ1) is 15.4. The van der Waals surface area contributed by atoms with Crippen molar-refractivity contribution in [2.45, 2.75) is 136 Å². The Morgan fingerprint density at radius 2 is 1.45 bits per heavy atom. The molecule has 4 saturated carbocycles. The van der Waals surface area contributed by atoms with Gasteiger partial charge in [-0.25, -0.2) is 0 Å². The van der Waals surface area contributed by atoms with Crippen LogP contribution in [0.4, 0.5) is 0 Å². The maximum atomic E-state index is 10.3. The van der Waals surface area contributed by atoms with Crippen molar-refractivity contribution in [3.8, 4) is 0 Å². The van der Waals surface area contributed by atoms with Gasteiger partial charge in [0.1, 0.15) is 0 Å². The third kappa shape index (κ3) is 3.88. The fourth-order valence-corrected chi connectivity index (χ4v) is 9.89. The van der Waals surface area contributed by atoms with Crippen molar-refractivity contribution in [2.24, 2.45) is 46.3 Å². The molecule has 0 amide bonds. The average molecular weight is 459 g/mol. The van der Waals surface area contributed by atoms with Gasteiger partial charge in [0.15, 0.2) is 0 Å². The molecule has 0 spiro atoms. The van der Waals surface area contributed by atoms with Crippen molar-refractivity contribution in [2.75, 3.05) is 0 Å². The summed E-state index contributed by atoms with van der Waals surface area (Å²) in [5.74, 6) is 5.12. The zero-order chi connectivity index (χ0) is 23.8. The van der Waals surface area contributed by atoms with Crippen molar-refractivity contribution in [1.29, 1.82) is 0 Å². The highest BCUT2D eigenvalue weighted by atomic mass is 16.7. The van der Waals surface area contributed by atoms with Crippen LogP contribution in [0.2, 0.25) is 6.32 Å². The molecule has 5 fully saturated rings. The van der Waals surface area contributed by atoms with Crippen molar-refractivity contribution >= 4 is 7.12 Å². The van der Waals surface area contributed by atoms with Crippen molar-refractivity contribution in [1.82, 2.24) is 0 Å². The Kier molecular flexibility index (Phi) is 6.15. The molecule has 1 N–H and O–H groups in total. The first kappa shape index (κ1) is 24.6. The molecule has 1 heterocycles. The predicted molar refractivity (Wildman–Crippen MR) is 136 cm³/mol. The van der Waals surface area contributed by atoms with Crippen LogP contribution < -0.4 is 0 Å². The van der Waals surface area contributed by atoms with Crippen LogP contribution in [0, 0.1) is 46.3 Å². The number of rotatable bonds is 4. The van der Waals surface area contributed by atoms with Crippen LogP contribution in [0.15, 0.2) is 0 Å². The van der Waals surface area contributed by atoms with Crippen LogP contribution in [0.1, 0.15) is 113 Å². The molecule has 0 aromatic rings. The van der Waals surface area contributed by atoms with Gasteiger partial charge in [0.25, 0.3) is 0 Å². The summed E-state index contributed by atoms with van der Waals surface area (Å²) in [4.78, 5) is 0. The first-order valence-electron chi connectivity index (χ1n) is 14.4. The maximum absolute atomic E-state index is 10.3. The molecular formula is C29H51BO3. The van der Waals surface area contributed by atoms with Crippen molar-refractivity contribution < 1.29 is 14.4 Å². The molecule has 5 rings (SSSR count). The Morgan fingerprint density at radius 3 is 2.15 bits per heavy atom. The van der Waals surface area contributed by atoms with Gasteiger partial charge in [-0.3, -0.25) is 0 Å². The van der Waals surface area contributed by atoms with E-state index in [4.69, 9.17) is 9.31 Å². The molecule has 0 radical (unpaired) electrons. The summed E-state index contributed by atoms with van der Waals surface area (Å²) in [7, 11) is -0.0462. The lowest BCUT2D eigenvalue weighted by Crippen LogP contribution is -2.54. The first-order valence-corrected chi connectivity index (χ1v) is 14.4. The van der Waals surface area contributed by atoms with Gasteiger partial charge in [-0.05, 0) is 138 Å². The molecule has 1 aliphatic heterocycles. The lowest BCUT2D eigenvalue weighted by Gasteiger charge is -2.61. The minimum absolute atomic E-state index is 0.0332. The van der Waals surface area contributed by atoms with Crippen molar-refractivity contribution in [3.63, 3.8) is 0 Å². The molecule has 0 unspecified atom stereocenters. The molecular weight excluding hydrogens is 407 g/mol. The molecule has 4 heteroatoms. The fraction of sp³-hybridized carbons (Fsp3) is 1.00. The van der Waals surface area contributed by atoms with Gasteiger partial charge in [0.05, 0.1) is 17.3 Å². The zero-order valence-corrected chi connectivity index (χ0v) is 22.7. The smallest absolute Gasteiger partial charge is 0.403 e. The van der Waals surface area contributed by atoms with Gasteiger partial charge in [-0.15, -0.1) is 0 Å². The number of hydrogen-bond acceptors (Lipinski definition) is 3. The monoisotopic (exact) mass is 458 g/mol. The summed E-state index contributed by atoms with van der Waals surface area (Å²) >= 11 is 0. The number of aliphatic hydroxyl groups excluding tert-OH is 1. The normalized spacial score (nSPS) is 49.3. The zero-order valence-electron chi connectivity index (χ0n) is 22.7. The second-order valence-corrected chi connectivity index (χ2v) is 14.6. The third-order valence-electron chi connectivity index (χ3n) is 12.6. The highest BCUT2D eigenvalue weighted by molar-refractivity contribution is 6.45. The van der Waals surface area contributed by atoms with E-state index in [1.807, 2.05) is 0 Å². The van der Waals surface area contributed by atoms with Crippen LogP contribution in [-0.4, -0.2) is 29.5 Å². The molecule has 9 atom stereocenters. The van der Waals surface area contributed by atoms with Gasteiger partial charge in [0.2, 0.25) is 0 Å². The molecule has 0 bridgehead atoms. The van der Waals surface area contributed by atoms with Gasteiger partial charge in [-0.2, -0.15) is 0 Å². The largest absolute Gasteiger partial charge is 0.457 e. The van der Waals surface area contributed by atoms with E-state index in [1.165, 1.54) is 51.4 Å². The second kappa shape index (κ2) is 8.24. The van der Waals surface area contributed by atoms with Crippen LogP contribution in [0.5, 0.6) is 0 Å². The second-order valence-electron chi connectivity index (χ2n) is 14.6. The molecule has 0 aromatic heterocycles. The number of fused-ring (bicyclic) bond motifs is 5. The minimum Gasteiger partial charge on any atom is -0.403 e. The van der Waals surface area contributed by atoms with E-state index in [9.17, 15) is 5.11 Å². The van der Waals surface area contributed by atoms with Gasteiger partial charge in [0, 0.05) is 0 Å². The summed E-state index contributed by atoms with van der Waals surface area (Å²) in [5.41, 5.74) is 0.583. The SMILES string of the molecule is C[C@H](CCB1OC(C)(C)C(C)(C)O1)[C@H]1CC[C@H]2[C@@H]3CC[C@@H]4C[C@H](O)CC[C@]4(C)[C@H]3CC[C@]12C. The molecule has 0 aromatic carbocycles. The Hall–Kier alpha value is -0.0551. The van der Waals surface area contributed by atoms with Gasteiger partial charge >= 0.3 is 7.12 Å². The highest BCUT2D eigenvalue weighted by Gasteiger charge is 2.60. The van der Waals surface area contributed by atoms with E-state index < -0.39 is 0 Å². The molecule has 3 nitrogen and oxygen atoms in total. The van der Waals surface area contributed by atoms with Gasteiger partial charge in [-0.1, -0.05) is 27.2 Å². The Morgan fingerprint density at radius 1 is 0.818 bits per heavy atom. The molecule has 5 aliphatic rings. The van der Waals surface area contributed by atoms with E-state index in [1.54, 1.807) is 0 Å². The van der Waals surface area contributed by atoms with E-state index in [2.05, 4.69) is 48.5 Å². The van der Waals surface area contributed by atoms with Crippen LogP contribution in [0.25, 0.3) is 0 Å². The molecule has 188 valence electrons. The Labute approximate surface area is 204 Å². The average Bonchev–Trinajstić information content (AvgIpc) is 3.18. The lowest BCUT2D eigenvalue weighted by molar-refractivity contribution is -0.129. The van der Waals surface area contributed by atoms with Crippen LogP contribution in [-0.2, 0) is 9.31 Å². The summed E-state index contributed by atoms with van der Waals surface area (Å²) in [6, 6.07) is 0. The Balaban J connectivity index is 1.24. The third-order valence-corrected chi connectivity index (χ3v) is 12.6.